The molecule has 0 heterocycles. The van der Waals surface area contributed by atoms with Gasteiger partial charge in [0.25, 0.3) is 0 Å². The molecule has 25 heavy (non-hydrogen) atoms. The van der Waals surface area contributed by atoms with Crippen molar-refractivity contribution in [2.75, 3.05) is 13.1 Å². The Kier molecular flexibility index (Phi) is 17.6. The number of aliphatic carboxylic acids is 4. The molecule has 0 aromatic carbocycles. The quantitative estimate of drug-likeness (QED) is 0.100. The number of carboxylic acid groups (broad SMARTS) is 4. The van der Waals surface area contributed by atoms with Crippen LogP contribution in [-0.2, 0) is 24.0 Å². The van der Waals surface area contributed by atoms with Crippen LogP contribution in [0, 0.1) is 5.41 Å². The molecule has 0 rings (SSSR count). The zero-order valence-electron chi connectivity index (χ0n) is 16.2. The summed E-state index contributed by atoms with van der Waals surface area (Å²) in [5, 5.41) is 35.9. The molecule has 0 aromatic heterocycles. The van der Waals surface area contributed by atoms with Gasteiger partial charge in [-0.15, -0.1) is 0 Å². The van der Waals surface area contributed by atoms with Crippen molar-refractivity contribution < 1.29 is 106 Å². The van der Waals surface area contributed by atoms with Crippen LogP contribution >= 0.6 is 0 Å². The van der Waals surface area contributed by atoms with E-state index in [0.717, 1.165) is 0 Å². The van der Waals surface area contributed by atoms with Gasteiger partial charge in [0.1, 0.15) is 0 Å². The van der Waals surface area contributed by atoms with E-state index in [1.807, 2.05) is 0 Å². The molecule has 0 radical (unpaired) electrons. The van der Waals surface area contributed by atoms with E-state index in [2.05, 4.69) is 5.48 Å². The number of hydrogen-bond donors (Lipinski definition) is 6. The number of hydrogen-bond acceptors (Lipinski definition) is 7. The van der Waals surface area contributed by atoms with E-state index < -0.39 is 61.1 Å². The summed E-state index contributed by atoms with van der Waals surface area (Å²) in [5.41, 5.74) is 5.58. The maximum atomic E-state index is 11.1. The summed E-state index contributed by atoms with van der Waals surface area (Å²) < 4.78 is 0. The minimum absolute atomic E-state index is 0. The van der Waals surface area contributed by atoms with Gasteiger partial charge in [-0.25, -0.2) is 5.48 Å². The molecule has 13 heteroatoms. The minimum Gasteiger partial charge on any atom is -1.00 e. The molecule has 0 bridgehead atoms. The van der Waals surface area contributed by atoms with Gasteiger partial charge in [-0.2, -0.15) is 0 Å². The normalized spacial score (nSPS) is 11.6. The second kappa shape index (κ2) is 14.9. The maximum Gasteiger partial charge on any atom is 1.00 e. The van der Waals surface area contributed by atoms with E-state index in [1.54, 1.807) is 0 Å². The number of nitrogens with one attached hydrogen (secondary N) is 1. The molecule has 0 spiro atoms. The maximum absolute atomic E-state index is 11.1. The Morgan fingerprint density at radius 2 is 1.32 bits per heavy atom. The predicted octanol–water partition coefficient (Wildman–Crippen LogP) is -7.05. The standard InChI is InChI=1S/C12H20N2O9.2Na.2H/c13-1-2-14-23-7(3-8(15)16)12(4-9(17)18,5-10(19)20)6-11(21)22;;;;/h7,14H,1-6,13H2,(H,15,16)(H,17,18)(H,19,20)(H,21,22);;;;/q;2*+1;2*-1. The molecule has 0 aliphatic carbocycles. The Balaban J connectivity index is -0.000000403. The topological polar surface area (TPSA) is 196 Å². The zero-order chi connectivity index (χ0) is 18.0. The van der Waals surface area contributed by atoms with Gasteiger partial charge < -0.3 is 29.0 Å². The number of hydroxylamine groups is 1. The molecule has 1 atom stereocenters. The van der Waals surface area contributed by atoms with Crippen molar-refractivity contribution in [2.45, 2.75) is 31.8 Å². The fraction of sp³-hybridized carbons (Fsp3) is 0.667. The van der Waals surface area contributed by atoms with E-state index in [1.165, 1.54) is 0 Å². The summed E-state index contributed by atoms with van der Waals surface area (Å²) in [6, 6.07) is 0. The monoisotopic (exact) mass is 384 g/mol. The molecule has 11 nitrogen and oxygen atoms in total. The summed E-state index contributed by atoms with van der Waals surface area (Å²) in [6.07, 6.45) is -4.91. The van der Waals surface area contributed by atoms with Crippen LogP contribution in [0.1, 0.15) is 28.5 Å². The Morgan fingerprint density at radius 1 is 0.920 bits per heavy atom. The SMILES string of the molecule is NCCNOC(CC(=O)O)C(CC(=O)O)(CC(=O)O)CC(=O)O.[H-].[H-].[Na+].[Na+]. The Hall–Kier alpha value is -0.240. The van der Waals surface area contributed by atoms with Crippen molar-refractivity contribution >= 4 is 23.9 Å². The molecular weight excluding hydrogens is 362 g/mol. The molecule has 0 saturated heterocycles. The van der Waals surface area contributed by atoms with Gasteiger partial charge in [0.2, 0.25) is 0 Å². The van der Waals surface area contributed by atoms with Crippen molar-refractivity contribution in [1.29, 1.82) is 0 Å². The van der Waals surface area contributed by atoms with E-state index in [4.69, 9.17) is 31.0 Å². The minimum atomic E-state index is -1.94. The van der Waals surface area contributed by atoms with Crippen molar-refractivity contribution in [3.63, 3.8) is 0 Å². The molecule has 136 valence electrons. The first-order valence-corrected chi connectivity index (χ1v) is 6.58. The third kappa shape index (κ3) is 12.7. The fourth-order valence-electron chi connectivity index (χ4n) is 2.19. The number of carboxylic acids is 4. The molecule has 7 N–H and O–H groups in total. The van der Waals surface area contributed by atoms with Gasteiger partial charge in [0.05, 0.1) is 31.8 Å². The predicted molar refractivity (Wildman–Crippen MR) is 75.6 cm³/mol. The van der Waals surface area contributed by atoms with Crippen LogP contribution in [0.15, 0.2) is 0 Å². The third-order valence-electron chi connectivity index (χ3n) is 3.02. The first-order chi connectivity index (χ1) is 10.6. The second-order valence-corrected chi connectivity index (χ2v) is 4.96. The molecule has 0 amide bonds. The molecule has 0 aliphatic heterocycles. The second-order valence-electron chi connectivity index (χ2n) is 4.96. The summed E-state index contributed by atoms with van der Waals surface area (Å²) in [7, 11) is 0. The van der Waals surface area contributed by atoms with E-state index in [-0.39, 0.29) is 75.1 Å². The van der Waals surface area contributed by atoms with Crippen molar-refractivity contribution in [3.8, 4) is 0 Å². The molecule has 0 aromatic rings. The first kappa shape index (κ1) is 29.5. The van der Waals surface area contributed by atoms with Gasteiger partial charge in [0.15, 0.2) is 0 Å². The molecule has 0 aliphatic rings. The zero-order valence-corrected chi connectivity index (χ0v) is 18.2. The number of rotatable bonds is 13. The molecule has 1 unspecified atom stereocenters. The summed E-state index contributed by atoms with van der Waals surface area (Å²) >= 11 is 0. The van der Waals surface area contributed by atoms with Gasteiger partial charge in [0, 0.05) is 18.5 Å². The largest absolute Gasteiger partial charge is 1.00 e. The van der Waals surface area contributed by atoms with Gasteiger partial charge in [-0.3, -0.25) is 24.0 Å². The van der Waals surface area contributed by atoms with Crippen LogP contribution in [0.4, 0.5) is 0 Å². The van der Waals surface area contributed by atoms with Gasteiger partial charge in [-0.1, -0.05) is 0 Å². The van der Waals surface area contributed by atoms with Crippen molar-refractivity contribution in [3.05, 3.63) is 0 Å². The van der Waals surface area contributed by atoms with E-state index >= 15 is 0 Å². The van der Waals surface area contributed by atoms with Gasteiger partial charge >= 0.3 is 83.0 Å². The van der Waals surface area contributed by atoms with E-state index in [9.17, 15) is 19.2 Å². The van der Waals surface area contributed by atoms with E-state index in [0.29, 0.717) is 0 Å². The number of nitrogens with two attached hydrogens (primary N) is 1. The molecular formula is C12H22N2Na2O9. The Morgan fingerprint density at radius 3 is 1.60 bits per heavy atom. The molecule has 0 fully saturated rings. The van der Waals surface area contributed by atoms with Crippen molar-refractivity contribution in [2.24, 2.45) is 11.1 Å². The average molecular weight is 384 g/mol. The van der Waals surface area contributed by atoms with Crippen LogP contribution in [0.3, 0.4) is 0 Å². The van der Waals surface area contributed by atoms with Crippen LogP contribution < -0.4 is 70.3 Å². The van der Waals surface area contributed by atoms with Crippen LogP contribution in [0.25, 0.3) is 0 Å². The van der Waals surface area contributed by atoms with Crippen LogP contribution in [0.2, 0.25) is 0 Å². The Labute approximate surface area is 190 Å². The molecule has 0 saturated carbocycles. The van der Waals surface area contributed by atoms with Crippen LogP contribution in [0.5, 0.6) is 0 Å². The third-order valence-corrected chi connectivity index (χ3v) is 3.02. The van der Waals surface area contributed by atoms with Gasteiger partial charge in [-0.05, 0) is 0 Å². The van der Waals surface area contributed by atoms with Crippen molar-refractivity contribution in [1.82, 2.24) is 5.48 Å². The number of carbonyl (C=O) groups is 4. The van der Waals surface area contributed by atoms with Crippen LogP contribution in [-0.4, -0.2) is 63.5 Å². The smallest absolute Gasteiger partial charge is 1.00 e. The summed E-state index contributed by atoms with van der Waals surface area (Å²) in [4.78, 5) is 49.2. The Bertz CT molecular complexity index is 431. The summed E-state index contributed by atoms with van der Waals surface area (Å²) in [5.74, 6) is -5.80. The fourth-order valence-corrected chi connectivity index (χ4v) is 2.19. The first-order valence-electron chi connectivity index (χ1n) is 6.58. The summed E-state index contributed by atoms with van der Waals surface area (Å²) in [6.45, 7) is 0.197. The average Bonchev–Trinajstić information content (AvgIpc) is 2.34.